The number of nitrogens with two attached hydrogens (primary N) is 2. The number of carbonyl (C=O) groups excluding carboxylic acids is 2. The summed E-state index contributed by atoms with van der Waals surface area (Å²) >= 11 is 0. The maximum Gasteiger partial charge on any atom is 0.255 e. The van der Waals surface area contributed by atoms with E-state index in [1.165, 1.54) is 49.9 Å². The third-order valence-corrected chi connectivity index (χ3v) is 8.11. The highest BCUT2D eigenvalue weighted by atomic mass is 19.1. The van der Waals surface area contributed by atoms with Gasteiger partial charge < -0.3 is 27.1 Å². The summed E-state index contributed by atoms with van der Waals surface area (Å²) in [4.78, 5) is 28.8. The fourth-order valence-electron chi connectivity index (χ4n) is 6.00. The number of nitrogens with one attached hydrogen (secondary N) is 3. The van der Waals surface area contributed by atoms with Crippen molar-refractivity contribution in [3.05, 3.63) is 95.3 Å². The zero-order valence-corrected chi connectivity index (χ0v) is 22.6. The van der Waals surface area contributed by atoms with Gasteiger partial charge >= 0.3 is 0 Å². The van der Waals surface area contributed by atoms with Gasteiger partial charge in [-0.05, 0) is 84.0 Å². The molecule has 1 aliphatic carbocycles. The number of rotatable bonds is 8. The maximum atomic E-state index is 13.4. The Hall–Kier alpha value is -4.69. The summed E-state index contributed by atoms with van der Waals surface area (Å²) < 4.78 is 13.4. The van der Waals surface area contributed by atoms with Crippen molar-refractivity contribution in [2.75, 3.05) is 17.2 Å². The number of hydrogen-bond donors (Lipinski definition) is 5. The first kappa shape index (κ1) is 26.5. The molecule has 0 radical (unpaired) electrons. The highest BCUT2D eigenvalue weighted by Gasteiger charge is 2.20. The molecule has 0 spiro atoms. The normalized spacial score (nSPS) is 13.6. The third-order valence-electron chi connectivity index (χ3n) is 8.11. The van der Waals surface area contributed by atoms with Crippen LogP contribution in [0.5, 0.6) is 0 Å². The van der Waals surface area contributed by atoms with Gasteiger partial charge in [-0.2, -0.15) is 0 Å². The predicted molar refractivity (Wildman–Crippen MR) is 162 cm³/mol. The van der Waals surface area contributed by atoms with E-state index in [1.54, 1.807) is 12.1 Å². The van der Waals surface area contributed by atoms with Crippen LogP contribution in [0.25, 0.3) is 32.9 Å². The molecule has 8 heteroatoms. The standard InChI is InChI=1S/C33H32FN5O2/c34-21-10-8-20(9-11-21)33(41)39-28-7-3-6-23(27(28)17-35)24-14-15-26(32(36)40)31-30(24)25-13-12-22(16-29(25)38-31)37-18-19-4-1-2-5-19/h3,6-16,19,37-38H,1-2,4-5,17-18,35H2,(H2,36,40)(H,39,41). The minimum absolute atomic E-state index is 0.159. The Balaban J connectivity index is 1.43. The van der Waals surface area contributed by atoms with Crippen LogP contribution in [0, 0.1) is 11.7 Å². The van der Waals surface area contributed by atoms with Gasteiger partial charge in [0.15, 0.2) is 0 Å². The number of aromatic nitrogens is 1. The maximum absolute atomic E-state index is 13.4. The third kappa shape index (κ3) is 5.14. The van der Waals surface area contributed by atoms with Gasteiger partial charge in [0, 0.05) is 46.3 Å². The Bertz CT molecular complexity index is 1770. The number of halogens is 1. The van der Waals surface area contributed by atoms with Crippen molar-refractivity contribution in [2.45, 2.75) is 32.2 Å². The molecule has 208 valence electrons. The number of hydrogen-bond acceptors (Lipinski definition) is 4. The van der Waals surface area contributed by atoms with Crippen molar-refractivity contribution in [1.29, 1.82) is 0 Å². The number of amides is 2. The minimum atomic E-state index is -0.521. The van der Waals surface area contributed by atoms with Crippen LogP contribution in [0.2, 0.25) is 0 Å². The second-order valence-corrected chi connectivity index (χ2v) is 10.7. The second kappa shape index (κ2) is 11.1. The number of fused-ring (bicyclic) bond motifs is 3. The molecule has 1 aliphatic rings. The number of H-pyrrole nitrogens is 1. The largest absolute Gasteiger partial charge is 0.385 e. The highest BCUT2D eigenvalue weighted by Crippen LogP contribution is 2.40. The average molecular weight is 550 g/mol. The van der Waals surface area contributed by atoms with Crippen LogP contribution < -0.4 is 22.1 Å². The Morgan fingerprint density at radius 3 is 2.46 bits per heavy atom. The number of anilines is 2. The van der Waals surface area contributed by atoms with E-state index in [-0.39, 0.29) is 12.5 Å². The summed E-state index contributed by atoms with van der Waals surface area (Å²) in [7, 11) is 0. The Labute approximate surface area is 237 Å². The second-order valence-electron chi connectivity index (χ2n) is 10.7. The monoisotopic (exact) mass is 549 g/mol. The lowest BCUT2D eigenvalue weighted by molar-refractivity contribution is 0.0998. The topological polar surface area (TPSA) is 126 Å². The molecule has 1 aromatic heterocycles. The van der Waals surface area contributed by atoms with E-state index in [0.717, 1.165) is 45.2 Å². The van der Waals surface area contributed by atoms with E-state index in [1.807, 2.05) is 18.2 Å². The lowest BCUT2D eigenvalue weighted by Crippen LogP contribution is -2.15. The molecule has 7 nitrogen and oxygen atoms in total. The Morgan fingerprint density at radius 2 is 1.73 bits per heavy atom. The lowest BCUT2D eigenvalue weighted by atomic mass is 9.92. The molecule has 7 N–H and O–H groups in total. The van der Waals surface area contributed by atoms with E-state index in [9.17, 15) is 14.0 Å². The van der Waals surface area contributed by atoms with Crippen molar-refractivity contribution >= 4 is 45.0 Å². The van der Waals surface area contributed by atoms with Crippen LogP contribution >= 0.6 is 0 Å². The SMILES string of the molecule is NCc1c(NC(=O)c2ccc(F)cc2)cccc1-c1ccc(C(N)=O)c2[nH]c3cc(NCC4CCCC4)ccc3c12. The summed E-state index contributed by atoms with van der Waals surface area (Å²) in [5, 5.41) is 8.32. The van der Waals surface area contributed by atoms with E-state index < -0.39 is 11.7 Å². The van der Waals surface area contributed by atoms with Crippen LogP contribution in [0.1, 0.15) is 52.0 Å². The summed E-state index contributed by atoms with van der Waals surface area (Å²) in [6.45, 7) is 1.10. The molecule has 0 atom stereocenters. The number of benzene rings is 4. The molecule has 0 unspecified atom stereocenters. The number of carbonyl (C=O) groups is 2. The zero-order chi connectivity index (χ0) is 28.5. The van der Waals surface area contributed by atoms with Gasteiger partial charge in [-0.1, -0.05) is 37.1 Å². The molecule has 4 aromatic carbocycles. The van der Waals surface area contributed by atoms with Gasteiger partial charge in [0.05, 0.1) is 11.1 Å². The molecule has 0 saturated heterocycles. The minimum Gasteiger partial charge on any atom is -0.385 e. The predicted octanol–water partition coefficient (Wildman–Crippen LogP) is 6.54. The van der Waals surface area contributed by atoms with Crippen LogP contribution in [0.4, 0.5) is 15.8 Å². The molecule has 1 saturated carbocycles. The quantitative estimate of drug-likeness (QED) is 0.151. The number of aromatic amines is 1. The Morgan fingerprint density at radius 1 is 0.951 bits per heavy atom. The van der Waals surface area contributed by atoms with Crippen molar-refractivity contribution in [1.82, 2.24) is 4.98 Å². The van der Waals surface area contributed by atoms with Crippen molar-refractivity contribution < 1.29 is 14.0 Å². The van der Waals surface area contributed by atoms with E-state index in [4.69, 9.17) is 11.5 Å². The first-order valence-corrected chi connectivity index (χ1v) is 13.9. The van der Waals surface area contributed by atoms with Crippen LogP contribution in [-0.4, -0.2) is 23.3 Å². The fourth-order valence-corrected chi connectivity index (χ4v) is 6.00. The van der Waals surface area contributed by atoms with Crippen molar-refractivity contribution in [3.8, 4) is 11.1 Å². The van der Waals surface area contributed by atoms with Crippen LogP contribution in [-0.2, 0) is 6.54 Å². The molecular weight excluding hydrogens is 517 g/mol. The Kier molecular flexibility index (Phi) is 7.15. The van der Waals surface area contributed by atoms with Gasteiger partial charge in [-0.3, -0.25) is 9.59 Å². The molecule has 1 heterocycles. The lowest BCUT2D eigenvalue weighted by Gasteiger charge is -2.16. The summed E-state index contributed by atoms with van der Waals surface area (Å²) in [6, 6.07) is 20.8. The summed E-state index contributed by atoms with van der Waals surface area (Å²) in [5.74, 6) is -0.597. The molecule has 1 fully saturated rings. The van der Waals surface area contributed by atoms with E-state index in [2.05, 4.69) is 33.8 Å². The van der Waals surface area contributed by atoms with Gasteiger partial charge in [0.25, 0.3) is 11.8 Å². The highest BCUT2D eigenvalue weighted by molar-refractivity contribution is 6.20. The van der Waals surface area contributed by atoms with Crippen LogP contribution in [0.15, 0.2) is 72.8 Å². The zero-order valence-electron chi connectivity index (χ0n) is 22.6. The van der Waals surface area contributed by atoms with Gasteiger partial charge in [-0.25, -0.2) is 4.39 Å². The van der Waals surface area contributed by atoms with Crippen LogP contribution in [0.3, 0.4) is 0 Å². The van der Waals surface area contributed by atoms with Crippen molar-refractivity contribution in [3.63, 3.8) is 0 Å². The fraction of sp³-hybridized carbons (Fsp3) is 0.212. The molecular formula is C33H32FN5O2. The van der Waals surface area contributed by atoms with Gasteiger partial charge in [0.1, 0.15) is 5.82 Å². The molecule has 0 aliphatic heterocycles. The van der Waals surface area contributed by atoms with Crippen molar-refractivity contribution in [2.24, 2.45) is 17.4 Å². The van der Waals surface area contributed by atoms with E-state index >= 15 is 0 Å². The van der Waals surface area contributed by atoms with Gasteiger partial charge in [-0.15, -0.1) is 0 Å². The molecule has 2 amide bonds. The molecule has 41 heavy (non-hydrogen) atoms. The molecule has 6 rings (SSSR count). The van der Waals surface area contributed by atoms with Gasteiger partial charge in [0.2, 0.25) is 0 Å². The smallest absolute Gasteiger partial charge is 0.255 e. The first-order valence-electron chi connectivity index (χ1n) is 13.9. The average Bonchev–Trinajstić information content (AvgIpc) is 3.63. The summed E-state index contributed by atoms with van der Waals surface area (Å²) in [5.41, 5.74) is 18.3. The number of primary amides is 1. The first-order chi connectivity index (χ1) is 19.9. The van der Waals surface area contributed by atoms with E-state index in [0.29, 0.717) is 28.2 Å². The summed E-state index contributed by atoms with van der Waals surface area (Å²) in [6.07, 6.45) is 5.13. The molecule has 0 bridgehead atoms. The molecule has 5 aromatic rings.